The molecule has 0 saturated carbocycles. The van der Waals surface area contributed by atoms with Crippen molar-refractivity contribution >= 4 is 17.6 Å². The summed E-state index contributed by atoms with van der Waals surface area (Å²) in [4.78, 5) is 28.9. The first kappa shape index (κ1) is 21.9. The highest BCUT2D eigenvalue weighted by molar-refractivity contribution is 5.90. The largest absolute Gasteiger partial charge is 0.573 e. The van der Waals surface area contributed by atoms with Crippen molar-refractivity contribution in [1.82, 2.24) is 9.80 Å². The second-order valence-electron chi connectivity index (χ2n) is 7.75. The van der Waals surface area contributed by atoms with Crippen LogP contribution in [-0.4, -0.2) is 60.4 Å². The van der Waals surface area contributed by atoms with Crippen molar-refractivity contribution < 1.29 is 32.2 Å². The Morgan fingerprint density at radius 2 is 1.78 bits per heavy atom. The molecular weight excluding hydrogens is 427 g/mol. The molecule has 2 aromatic rings. The summed E-state index contributed by atoms with van der Waals surface area (Å²) in [6, 6.07) is 13.9. The Morgan fingerprint density at radius 3 is 2.41 bits per heavy atom. The first-order chi connectivity index (χ1) is 15.2. The number of anilines is 1. The topological polar surface area (TPSA) is 71.1 Å². The number of hydrogen-bond donors (Lipinski definition) is 1. The Hall–Kier alpha value is -3.27. The maximum absolute atomic E-state index is 12.8. The molecule has 0 aliphatic carbocycles. The molecule has 0 aromatic heterocycles. The van der Waals surface area contributed by atoms with Crippen LogP contribution in [0.4, 0.5) is 23.7 Å². The molecule has 3 amide bonds. The lowest BCUT2D eigenvalue weighted by atomic mass is 10.0. The van der Waals surface area contributed by atoms with E-state index in [1.165, 1.54) is 19.2 Å². The van der Waals surface area contributed by atoms with Gasteiger partial charge in [0, 0.05) is 38.3 Å². The van der Waals surface area contributed by atoms with E-state index in [4.69, 9.17) is 4.74 Å². The molecule has 0 radical (unpaired) electrons. The van der Waals surface area contributed by atoms with Crippen LogP contribution >= 0.6 is 0 Å². The fourth-order valence-electron chi connectivity index (χ4n) is 4.31. The highest BCUT2D eigenvalue weighted by Gasteiger charge is 2.53. The van der Waals surface area contributed by atoms with Crippen LogP contribution in [0.3, 0.4) is 0 Å². The predicted molar refractivity (Wildman–Crippen MR) is 109 cm³/mol. The standard InChI is InChI=1S/C22H22F3N3O4/c1-31-19-17-12-27(13-18(17)28(20(19)29)11-14-5-3-2-4-6-14)21(30)26-15-7-9-16(10-8-15)32-22(23,24)25/h2-10,17-19H,11-13H2,1H3,(H,26,30)/t17-,18+,19-/m0/s1. The fraction of sp³-hybridized carbons (Fsp3) is 0.364. The summed E-state index contributed by atoms with van der Waals surface area (Å²) < 4.78 is 46.2. The number of carbonyl (C=O) groups excluding carboxylic acids is 2. The Bertz CT molecular complexity index is 969. The molecule has 2 heterocycles. The number of hydrogen-bond acceptors (Lipinski definition) is 4. The summed E-state index contributed by atoms with van der Waals surface area (Å²) in [5.74, 6) is -0.625. The Morgan fingerprint density at radius 1 is 1.09 bits per heavy atom. The van der Waals surface area contributed by atoms with Gasteiger partial charge >= 0.3 is 12.4 Å². The minimum Gasteiger partial charge on any atom is -0.406 e. The first-order valence-electron chi connectivity index (χ1n) is 10.0. The molecule has 2 aliphatic heterocycles. The van der Waals surface area contributed by atoms with Crippen LogP contribution < -0.4 is 10.1 Å². The van der Waals surface area contributed by atoms with Gasteiger partial charge in [0.15, 0.2) is 0 Å². The van der Waals surface area contributed by atoms with Crippen LogP contribution in [0.25, 0.3) is 0 Å². The summed E-state index contributed by atoms with van der Waals surface area (Å²) in [6.45, 7) is 1.10. The van der Waals surface area contributed by atoms with E-state index in [0.29, 0.717) is 25.3 Å². The number of carbonyl (C=O) groups is 2. The average Bonchev–Trinajstić information content (AvgIpc) is 3.27. The third kappa shape index (κ3) is 4.64. The van der Waals surface area contributed by atoms with Crippen molar-refractivity contribution in [1.29, 1.82) is 0 Å². The summed E-state index contributed by atoms with van der Waals surface area (Å²) in [5.41, 5.74) is 1.32. The lowest BCUT2D eigenvalue weighted by Crippen LogP contribution is -2.41. The quantitative estimate of drug-likeness (QED) is 0.759. The summed E-state index contributed by atoms with van der Waals surface area (Å²) in [6.07, 6.45) is -5.40. The summed E-state index contributed by atoms with van der Waals surface area (Å²) in [7, 11) is 1.49. The number of alkyl halides is 3. The van der Waals surface area contributed by atoms with Crippen LogP contribution in [0.15, 0.2) is 54.6 Å². The number of fused-ring (bicyclic) bond motifs is 1. The Balaban J connectivity index is 1.42. The van der Waals surface area contributed by atoms with Gasteiger partial charge in [-0.25, -0.2) is 4.79 Å². The maximum atomic E-state index is 12.8. The van der Waals surface area contributed by atoms with E-state index < -0.39 is 18.5 Å². The summed E-state index contributed by atoms with van der Waals surface area (Å²) >= 11 is 0. The molecule has 1 N–H and O–H groups in total. The number of halogens is 3. The number of benzene rings is 2. The van der Waals surface area contributed by atoms with Gasteiger partial charge in [-0.1, -0.05) is 30.3 Å². The number of nitrogens with one attached hydrogen (secondary N) is 1. The average molecular weight is 449 g/mol. The molecule has 0 bridgehead atoms. The van der Waals surface area contributed by atoms with Crippen LogP contribution in [0.2, 0.25) is 0 Å². The molecular formula is C22H22F3N3O4. The van der Waals surface area contributed by atoms with Gasteiger partial charge in [0.1, 0.15) is 11.9 Å². The molecule has 2 aromatic carbocycles. The van der Waals surface area contributed by atoms with Crippen LogP contribution in [0, 0.1) is 5.92 Å². The molecule has 2 fully saturated rings. The van der Waals surface area contributed by atoms with Gasteiger partial charge in [0.05, 0.1) is 6.04 Å². The minimum absolute atomic E-state index is 0.0911. The van der Waals surface area contributed by atoms with Gasteiger partial charge in [0.25, 0.3) is 5.91 Å². The highest BCUT2D eigenvalue weighted by atomic mass is 19.4. The molecule has 7 nitrogen and oxygen atoms in total. The first-order valence-corrected chi connectivity index (χ1v) is 10.0. The molecule has 3 atom stereocenters. The fourth-order valence-corrected chi connectivity index (χ4v) is 4.31. The van der Waals surface area contributed by atoms with Crippen molar-refractivity contribution in [3.05, 3.63) is 60.2 Å². The Labute approximate surface area is 182 Å². The van der Waals surface area contributed by atoms with E-state index in [1.807, 2.05) is 30.3 Å². The minimum atomic E-state index is -4.78. The zero-order valence-electron chi connectivity index (χ0n) is 17.2. The number of rotatable bonds is 5. The predicted octanol–water partition coefficient (Wildman–Crippen LogP) is 3.47. The molecule has 2 saturated heterocycles. The van der Waals surface area contributed by atoms with Gasteiger partial charge in [-0.2, -0.15) is 0 Å². The molecule has 10 heteroatoms. The second kappa shape index (κ2) is 8.70. The van der Waals surface area contributed by atoms with Gasteiger partial charge in [-0.05, 0) is 29.8 Å². The van der Waals surface area contributed by atoms with Gasteiger partial charge in [0.2, 0.25) is 0 Å². The van der Waals surface area contributed by atoms with E-state index in [0.717, 1.165) is 17.7 Å². The van der Waals surface area contributed by atoms with Crippen LogP contribution in [0.1, 0.15) is 5.56 Å². The van der Waals surface area contributed by atoms with E-state index in [-0.39, 0.29) is 23.6 Å². The number of ether oxygens (including phenoxy) is 2. The lowest BCUT2D eigenvalue weighted by molar-refractivity contribution is -0.274. The second-order valence-corrected chi connectivity index (χ2v) is 7.75. The van der Waals surface area contributed by atoms with Gasteiger partial charge < -0.3 is 24.6 Å². The van der Waals surface area contributed by atoms with E-state index >= 15 is 0 Å². The van der Waals surface area contributed by atoms with Crippen molar-refractivity contribution in [2.24, 2.45) is 5.92 Å². The molecule has 170 valence electrons. The van der Waals surface area contributed by atoms with E-state index in [1.54, 1.807) is 9.80 Å². The third-order valence-corrected chi connectivity index (χ3v) is 5.72. The molecule has 4 rings (SSSR count). The van der Waals surface area contributed by atoms with Crippen molar-refractivity contribution in [2.75, 3.05) is 25.5 Å². The highest BCUT2D eigenvalue weighted by Crippen LogP contribution is 2.35. The number of urea groups is 1. The van der Waals surface area contributed by atoms with Gasteiger partial charge in [-0.3, -0.25) is 4.79 Å². The van der Waals surface area contributed by atoms with Crippen molar-refractivity contribution in [3.8, 4) is 5.75 Å². The molecule has 32 heavy (non-hydrogen) atoms. The SMILES string of the molecule is CO[C@@H]1C(=O)N(Cc2ccccc2)[C@@H]2CN(C(=O)Nc3ccc(OC(F)(F)F)cc3)C[C@H]12. The van der Waals surface area contributed by atoms with Crippen molar-refractivity contribution in [3.63, 3.8) is 0 Å². The van der Waals surface area contributed by atoms with E-state index in [9.17, 15) is 22.8 Å². The Kier molecular flexibility index (Phi) is 5.96. The van der Waals surface area contributed by atoms with Crippen molar-refractivity contribution in [2.45, 2.75) is 25.1 Å². The maximum Gasteiger partial charge on any atom is 0.573 e. The monoisotopic (exact) mass is 449 g/mol. The molecule has 2 aliphatic rings. The van der Waals surface area contributed by atoms with Crippen LogP contribution in [0.5, 0.6) is 5.75 Å². The zero-order chi connectivity index (χ0) is 22.9. The number of amides is 3. The molecule has 0 spiro atoms. The number of likely N-dealkylation sites (tertiary alicyclic amines) is 2. The summed E-state index contributed by atoms with van der Waals surface area (Å²) in [5, 5.41) is 2.68. The zero-order valence-corrected chi connectivity index (χ0v) is 17.2. The lowest BCUT2D eigenvalue weighted by Gasteiger charge is -2.25. The number of methoxy groups -OCH3 is 1. The number of nitrogens with zero attached hydrogens (tertiary/aromatic N) is 2. The smallest absolute Gasteiger partial charge is 0.406 e. The normalized spacial score (nSPS) is 22.8. The van der Waals surface area contributed by atoms with E-state index in [2.05, 4.69) is 10.1 Å². The van der Waals surface area contributed by atoms with Gasteiger partial charge in [-0.15, -0.1) is 13.2 Å². The molecule has 0 unspecified atom stereocenters. The van der Waals surface area contributed by atoms with Crippen LogP contribution in [-0.2, 0) is 16.1 Å². The third-order valence-electron chi connectivity index (χ3n) is 5.72.